The second-order valence-electron chi connectivity index (χ2n) is 8.13. The van der Waals surface area contributed by atoms with Gasteiger partial charge in [0.05, 0.1) is 7.11 Å². The number of nitrogens with zero attached hydrogens (tertiary/aromatic N) is 1. The van der Waals surface area contributed by atoms with Crippen molar-refractivity contribution in [3.05, 3.63) is 54.1 Å². The normalized spacial score (nSPS) is 16.4. The number of piperidine rings is 1. The van der Waals surface area contributed by atoms with Crippen LogP contribution in [0.1, 0.15) is 63.9 Å². The standard InChI is InChI=1S/C26H37NO3.ClH/c1-3-4-5-6-8-19-27-20-9-7-10-26(27)30-25-17-15-24(16-18-25)29-21-22-11-13-23(28-2)14-12-22;/h11-18,26H,3-10,19-21H2,1-2H3;1H. The highest BCUT2D eigenvalue weighted by atomic mass is 35.5. The van der Waals surface area contributed by atoms with Gasteiger partial charge in [-0.15, -0.1) is 12.4 Å². The maximum Gasteiger partial charge on any atom is 0.152 e. The molecule has 0 N–H and O–H groups in total. The number of halogens is 1. The van der Waals surface area contributed by atoms with Crippen molar-refractivity contribution < 1.29 is 14.2 Å². The number of unbranched alkanes of at least 4 members (excludes halogenated alkanes) is 4. The predicted molar refractivity (Wildman–Crippen MR) is 130 cm³/mol. The summed E-state index contributed by atoms with van der Waals surface area (Å²) in [4.78, 5) is 2.53. The lowest BCUT2D eigenvalue weighted by Gasteiger charge is -2.35. The van der Waals surface area contributed by atoms with E-state index >= 15 is 0 Å². The number of methoxy groups -OCH3 is 1. The summed E-state index contributed by atoms with van der Waals surface area (Å²) >= 11 is 0. The molecule has 3 rings (SSSR count). The number of hydrogen-bond acceptors (Lipinski definition) is 4. The number of benzene rings is 2. The molecule has 1 heterocycles. The fraction of sp³-hybridized carbons (Fsp3) is 0.538. The number of ether oxygens (including phenoxy) is 3. The fourth-order valence-corrected chi connectivity index (χ4v) is 3.93. The van der Waals surface area contributed by atoms with Gasteiger partial charge in [0.15, 0.2) is 6.23 Å². The van der Waals surface area contributed by atoms with Gasteiger partial charge in [0.1, 0.15) is 23.9 Å². The van der Waals surface area contributed by atoms with Gasteiger partial charge in [-0.25, -0.2) is 0 Å². The number of rotatable bonds is 12. The van der Waals surface area contributed by atoms with E-state index in [1.54, 1.807) is 7.11 Å². The Bertz CT molecular complexity index is 720. The average molecular weight is 448 g/mol. The molecule has 1 atom stereocenters. The molecule has 0 spiro atoms. The van der Waals surface area contributed by atoms with E-state index in [2.05, 4.69) is 11.8 Å². The molecule has 0 saturated carbocycles. The van der Waals surface area contributed by atoms with E-state index in [0.29, 0.717) is 6.61 Å². The van der Waals surface area contributed by atoms with E-state index in [4.69, 9.17) is 14.2 Å². The Balaban J connectivity index is 0.00000341. The Kier molecular flexibility index (Phi) is 11.6. The van der Waals surface area contributed by atoms with Crippen molar-refractivity contribution in [3.63, 3.8) is 0 Å². The van der Waals surface area contributed by atoms with Crippen molar-refractivity contribution in [2.75, 3.05) is 20.2 Å². The van der Waals surface area contributed by atoms with Crippen LogP contribution in [0.5, 0.6) is 17.2 Å². The molecule has 1 unspecified atom stereocenters. The largest absolute Gasteiger partial charge is 0.497 e. The molecule has 2 aromatic rings. The summed E-state index contributed by atoms with van der Waals surface area (Å²) in [6, 6.07) is 16.0. The lowest BCUT2D eigenvalue weighted by molar-refractivity contribution is -0.00477. The molecule has 0 bridgehead atoms. The summed E-state index contributed by atoms with van der Waals surface area (Å²) in [6.45, 7) is 5.11. The van der Waals surface area contributed by atoms with Crippen molar-refractivity contribution >= 4 is 12.4 Å². The van der Waals surface area contributed by atoms with Crippen LogP contribution in [0.2, 0.25) is 0 Å². The molecule has 1 fully saturated rings. The zero-order valence-corrected chi connectivity index (χ0v) is 19.9. The predicted octanol–water partition coefficient (Wildman–Crippen LogP) is 6.86. The van der Waals surface area contributed by atoms with Gasteiger partial charge in [-0.1, -0.05) is 44.7 Å². The Morgan fingerprint density at radius 3 is 2.23 bits per heavy atom. The van der Waals surface area contributed by atoms with Gasteiger partial charge in [0.2, 0.25) is 0 Å². The second kappa shape index (κ2) is 14.2. The summed E-state index contributed by atoms with van der Waals surface area (Å²) in [5, 5.41) is 0. The summed E-state index contributed by atoms with van der Waals surface area (Å²) in [5.41, 5.74) is 1.12. The first-order valence-electron chi connectivity index (χ1n) is 11.5. The van der Waals surface area contributed by atoms with Crippen LogP contribution in [0, 0.1) is 0 Å². The first kappa shape index (κ1) is 25.4. The Morgan fingerprint density at radius 1 is 0.839 bits per heavy atom. The van der Waals surface area contributed by atoms with Crippen LogP contribution in [-0.4, -0.2) is 31.3 Å². The van der Waals surface area contributed by atoms with Crippen molar-refractivity contribution in [2.24, 2.45) is 0 Å². The molecule has 0 aromatic heterocycles. The topological polar surface area (TPSA) is 30.9 Å². The zero-order valence-electron chi connectivity index (χ0n) is 19.1. The monoisotopic (exact) mass is 447 g/mol. The molecule has 4 nitrogen and oxygen atoms in total. The van der Waals surface area contributed by atoms with Crippen molar-refractivity contribution in [3.8, 4) is 17.2 Å². The highest BCUT2D eigenvalue weighted by Crippen LogP contribution is 2.25. The quantitative estimate of drug-likeness (QED) is 0.332. The second-order valence-corrected chi connectivity index (χ2v) is 8.13. The smallest absolute Gasteiger partial charge is 0.152 e. The summed E-state index contributed by atoms with van der Waals surface area (Å²) in [6.07, 6.45) is 10.5. The first-order valence-corrected chi connectivity index (χ1v) is 11.5. The molecule has 1 aliphatic heterocycles. The van der Waals surface area contributed by atoms with Gasteiger partial charge in [-0.05, 0) is 67.6 Å². The average Bonchev–Trinajstić information content (AvgIpc) is 2.80. The molecule has 0 amide bonds. The van der Waals surface area contributed by atoms with Gasteiger partial charge in [-0.2, -0.15) is 0 Å². The van der Waals surface area contributed by atoms with Gasteiger partial charge < -0.3 is 14.2 Å². The first-order chi connectivity index (χ1) is 14.8. The van der Waals surface area contributed by atoms with Crippen molar-refractivity contribution in [1.29, 1.82) is 0 Å². The van der Waals surface area contributed by atoms with Gasteiger partial charge in [0, 0.05) is 13.1 Å². The van der Waals surface area contributed by atoms with E-state index in [1.165, 1.54) is 44.9 Å². The highest BCUT2D eigenvalue weighted by Gasteiger charge is 2.23. The van der Waals surface area contributed by atoms with Crippen LogP contribution in [0.15, 0.2) is 48.5 Å². The van der Waals surface area contributed by atoms with E-state index in [9.17, 15) is 0 Å². The highest BCUT2D eigenvalue weighted by molar-refractivity contribution is 5.85. The summed E-state index contributed by atoms with van der Waals surface area (Å²) in [5.74, 6) is 2.64. The molecule has 1 saturated heterocycles. The van der Waals surface area contributed by atoms with Crippen LogP contribution in [0.25, 0.3) is 0 Å². The Labute approximate surface area is 194 Å². The molecule has 0 aliphatic carbocycles. The van der Waals surface area contributed by atoms with E-state index in [1.807, 2.05) is 48.5 Å². The van der Waals surface area contributed by atoms with Crippen molar-refractivity contribution in [1.82, 2.24) is 4.90 Å². The molecular weight excluding hydrogens is 410 g/mol. The third-order valence-corrected chi connectivity index (χ3v) is 5.76. The third-order valence-electron chi connectivity index (χ3n) is 5.76. The molecule has 5 heteroatoms. The SMILES string of the molecule is CCCCCCCN1CCCCC1Oc1ccc(OCc2ccc(OC)cc2)cc1.Cl. The lowest BCUT2D eigenvalue weighted by Crippen LogP contribution is -2.43. The molecule has 2 aromatic carbocycles. The van der Waals surface area contributed by atoms with E-state index < -0.39 is 0 Å². The van der Waals surface area contributed by atoms with Crippen LogP contribution in [0.4, 0.5) is 0 Å². The van der Waals surface area contributed by atoms with Crippen molar-refractivity contribution in [2.45, 2.75) is 71.1 Å². The minimum atomic E-state index is 0. The van der Waals surface area contributed by atoms with Gasteiger partial charge >= 0.3 is 0 Å². The van der Waals surface area contributed by atoms with Gasteiger partial charge in [0.25, 0.3) is 0 Å². The zero-order chi connectivity index (χ0) is 21.0. The van der Waals surface area contributed by atoms with E-state index in [0.717, 1.165) is 42.3 Å². The third kappa shape index (κ3) is 8.62. The minimum Gasteiger partial charge on any atom is -0.497 e. The Morgan fingerprint density at radius 2 is 1.52 bits per heavy atom. The number of hydrogen-bond donors (Lipinski definition) is 0. The molecule has 31 heavy (non-hydrogen) atoms. The van der Waals surface area contributed by atoms with Crippen LogP contribution >= 0.6 is 12.4 Å². The molecule has 0 radical (unpaired) electrons. The molecular formula is C26H38ClNO3. The van der Waals surface area contributed by atoms with Gasteiger partial charge in [-0.3, -0.25) is 4.90 Å². The fourth-order valence-electron chi connectivity index (χ4n) is 3.93. The minimum absolute atomic E-state index is 0. The summed E-state index contributed by atoms with van der Waals surface area (Å²) in [7, 11) is 1.68. The van der Waals surface area contributed by atoms with Crippen LogP contribution in [-0.2, 0) is 6.61 Å². The maximum atomic E-state index is 6.35. The lowest BCUT2D eigenvalue weighted by atomic mass is 10.1. The number of likely N-dealkylation sites (tertiary alicyclic amines) is 1. The maximum absolute atomic E-state index is 6.35. The Hall–Kier alpha value is -1.91. The molecule has 172 valence electrons. The van der Waals surface area contributed by atoms with Crippen LogP contribution in [0.3, 0.4) is 0 Å². The molecule has 1 aliphatic rings. The van der Waals surface area contributed by atoms with Crippen LogP contribution < -0.4 is 14.2 Å². The summed E-state index contributed by atoms with van der Waals surface area (Å²) < 4.78 is 17.4. The van der Waals surface area contributed by atoms with E-state index in [-0.39, 0.29) is 18.6 Å².